The van der Waals surface area contributed by atoms with Gasteiger partial charge in [-0.25, -0.2) is 14.8 Å². The number of nitrogens with two attached hydrogens (primary N) is 1. The molecule has 1 amide bonds. The molecule has 0 spiro atoms. The summed E-state index contributed by atoms with van der Waals surface area (Å²) < 4.78 is 5.02. The highest BCUT2D eigenvalue weighted by atomic mass is 35.5. The Morgan fingerprint density at radius 2 is 1.88 bits per heavy atom. The maximum Gasteiger partial charge on any atom is 0.359 e. The van der Waals surface area contributed by atoms with Crippen molar-refractivity contribution in [3.05, 3.63) is 44.4 Å². The number of nitrogen functional groups attached to an aromatic ring is 1. The van der Waals surface area contributed by atoms with Crippen molar-refractivity contribution in [2.75, 3.05) is 11.1 Å². The molecule has 2 rings (SSSR count). The van der Waals surface area contributed by atoms with Gasteiger partial charge in [0, 0.05) is 6.20 Å². The van der Waals surface area contributed by atoms with E-state index < -0.39 is 18.0 Å². The van der Waals surface area contributed by atoms with E-state index in [2.05, 4.69) is 15.3 Å². The number of hydrogen-bond acceptors (Lipinski definition) is 6. The van der Waals surface area contributed by atoms with Crippen LogP contribution in [0.1, 0.15) is 17.4 Å². The van der Waals surface area contributed by atoms with Gasteiger partial charge in [-0.2, -0.15) is 0 Å². The summed E-state index contributed by atoms with van der Waals surface area (Å²) in [6, 6.07) is 3.13. The molecule has 1 atom stereocenters. The Balaban J connectivity index is 2.13. The molecule has 0 unspecified atom stereocenters. The number of carbonyl (C=O) groups is 2. The second kappa shape index (κ2) is 8.05. The van der Waals surface area contributed by atoms with Crippen molar-refractivity contribution in [2.24, 2.45) is 0 Å². The summed E-state index contributed by atoms with van der Waals surface area (Å²) in [6.07, 6.45) is 0.279. The number of rotatable bonds is 4. The first-order chi connectivity index (χ1) is 11.7. The molecule has 11 heteroatoms. The van der Waals surface area contributed by atoms with Crippen LogP contribution in [0.4, 0.5) is 11.4 Å². The zero-order valence-corrected chi connectivity index (χ0v) is 15.5. The van der Waals surface area contributed by atoms with E-state index in [1.165, 1.54) is 13.1 Å². The first kappa shape index (κ1) is 19.5. The third-order valence-corrected chi connectivity index (χ3v) is 4.37. The number of aromatic nitrogens is 2. The Hall–Kier alpha value is -1.80. The van der Waals surface area contributed by atoms with E-state index >= 15 is 0 Å². The van der Waals surface area contributed by atoms with Crippen molar-refractivity contribution in [3.8, 4) is 0 Å². The normalized spacial score (nSPS) is 11.7. The van der Waals surface area contributed by atoms with E-state index in [-0.39, 0.29) is 37.4 Å². The molecule has 0 aliphatic rings. The Kier molecular flexibility index (Phi) is 6.29. The lowest BCUT2D eigenvalue weighted by atomic mass is 10.3. The van der Waals surface area contributed by atoms with Crippen LogP contribution >= 0.6 is 46.4 Å². The quantitative estimate of drug-likeness (QED) is 0.571. The number of pyridine rings is 2. The minimum Gasteiger partial charge on any atom is -0.448 e. The van der Waals surface area contributed by atoms with E-state index in [1.54, 1.807) is 12.1 Å². The van der Waals surface area contributed by atoms with Crippen molar-refractivity contribution < 1.29 is 14.3 Å². The highest BCUT2D eigenvalue weighted by Gasteiger charge is 2.25. The average Bonchev–Trinajstić information content (AvgIpc) is 2.58. The molecular weight excluding hydrogens is 414 g/mol. The Labute approximate surface area is 162 Å². The maximum absolute atomic E-state index is 12.2. The zero-order chi connectivity index (χ0) is 18.7. The van der Waals surface area contributed by atoms with Crippen LogP contribution in [0.2, 0.25) is 20.4 Å². The van der Waals surface area contributed by atoms with Gasteiger partial charge in [0.25, 0.3) is 5.91 Å². The van der Waals surface area contributed by atoms with Crippen molar-refractivity contribution in [2.45, 2.75) is 13.0 Å². The number of nitrogens with one attached hydrogen (secondary N) is 1. The smallest absolute Gasteiger partial charge is 0.359 e. The lowest BCUT2D eigenvalue weighted by Gasteiger charge is -2.15. The molecule has 25 heavy (non-hydrogen) atoms. The Morgan fingerprint density at radius 3 is 2.52 bits per heavy atom. The molecule has 0 radical (unpaired) electrons. The van der Waals surface area contributed by atoms with E-state index in [4.69, 9.17) is 56.9 Å². The molecule has 3 N–H and O–H groups in total. The molecule has 0 saturated carbocycles. The number of ether oxygens (including phenoxy) is 1. The predicted molar refractivity (Wildman–Crippen MR) is 96.4 cm³/mol. The summed E-state index contributed by atoms with van der Waals surface area (Å²) in [5.74, 6) is -1.62. The lowest BCUT2D eigenvalue weighted by molar-refractivity contribution is -0.123. The number of halogens is 4. The van der Waals surface area contributed by atoms with Gasteiger partial charge < -0.3 is 15.8 Å². The van der Waals surface area contributed by atoms with E-state index in [0.29, 0.717) is 0 Å². The summed E-state index contributed by atoms with van der Waals surface area (Å²) >= 11 is 23.3. The largest absolute Gasteiger partial charge is 0.448 e. The Morgan fingerprint density at radius 1 is 1.20 bits per heavy atom. The topological polar surface area (TPSA) is 107 Å². The third-order valence-electron chi connectivity index (χ3n) is 2.94. The van der Waals surface area contributed by atoms with Crippen LogP contribution in [0, 0.1) is 0 Å². The van der Waals surface area contributed by atoms with Crippen molar-refractivity contribution in [1.29, 1.82) is 0 Å². The average molecular weight is 424 g/mol. The minimum atomic E-state index is -1.18. The van der Waals surface area contributed by atoms with E-state index in [9.17, 15) is 9.59 Å². The second-order valence-corrected chi connectivity index (χ2v) is 6.14. The molecule has 2 aromatic rings. The number of hydrogen-bond donors (Lipinski definition) is 2. The first-order valence-electron chi connectivity index (χ1n) is 6.64. The molecule has 0 aliphatic heterocycles. The maximum atomic E-state index is 12.2. The number of carbonyl (C=O) groups excluding carboxylic acids is 2. The van der Waals surface area contributed by atoms with E-state index in [1.807, 2.05) is 0 Å². The van der Waals surface area contributed by atoms with Crippen LogP contribution in [-0.4, -0.2) is 27.9 Å². The first-order valence-corrected chi connectivity index (χ1v) is 8.15. The molecule has 0 aromatic carbocycles. The molecular formula is C14H10Cl4N4O3. The van der Waals surface area contributed by atoms with Gasteiger partial charge in [0.05, 0.1) is 16.4 Å². The van der Waals surface area contributed by atoms with Crippen molar-refractivity contribution >= 4 is 69.7 Å². The zero-order valence-electron chi connectivity index (χ0n) is 12.5. The summed E-state index contributed by atoms with van der Waals surface area (Å²) in [4.78, 5) is 31.8. The number of anilines is 2. The highest BCUT2D eigenvalue weighted by molar-refractivity contribution is 6.46. The van der Waals surface area contributed by atoms with Crippen LogP contribution in [0.5, 0.6) is 0 Å². The monoisotopic (exact) mass is 422 g/mol. The van der Waals surface area contributed by atoms with Crippen molar-refractivity contribution in [1.82, 2.24) is 9.97 Å². The van der Waals surface area contributed by atoms with Gasteiger partial charge in [-0.05, 0) is 19.1 Å². The van der Waals surface area contributed by atoms with Crippen LogP contribution in [0.25, 0.3) is 0 Å². The fourth-order valence-corrected chi connectivity index (χ4v) is 2.40. The number of amides is 1. The molecule has 0 bridgehead atoms. The van der Waals surface area contributed by atoms with Crippen LogP contribution in [0.3, 0.4) is 0 Å². The molecule has 0 saturated heterocycles. The summed E-state index contributed by atoms with van der Waals surface area (Å²) in [6.45, 7) is 1.35. The van der Waals surface area contributed by atoms with Gasteiger partial charge in [-0.15, -0.1) is 0 Å². The molecule has 0 aliphatic carbocycles. The van der Waals surface area contributed by atoms with Crippen LogP contribution in [-0.2, 0) is 9.53 Å². The SMILES string of the molecule is C[C@@H](OC(=O)c1nc(Cl)c(Cl)c(N)c1Cl)C(=O)Nc1cccnc1Cl. The third kappa shape index (κ3) is 4.43. The molecule has 132 valence electrons. The highest BCUT2D eigenvalue weighted by Crippen LogP contribution is 2.34. The molecule has 0 fully saturated rings. The van der Waals surface area contributed by atoms with Gasteiger partial charge in [0.15, 0.2) is 22.1 Å². The van der Waals surface area contributed by atoms with Gasteiger partial charge in [-0.3, -0.25) is 4.79 Å². The van der Waals surface area contributed by atoms with E-state index in [0.717, 1.165) is 0 Å². The number of nitrogens with zero attached hydrogens (tertiary/aromatic N) is 2. The van der Waals surface area contributed by atoms with Gasteiger partial charge in [0.2, 0.25) is 0 Å². The molecule has 2 heterocycles. The van der Waals surface area contributed by atoms with Crippen molar-refractivity contribution in [3.63, 3.8) is 0 Å². The van der Waals surface area contributed by atoms with Gasteiger partial charge in [0.1, 0.15) is 5.02 Å². The molecule has 7 nitrogen and oxygen atoms in total. The summed E-state index contributed by atoms with van der Waals surface area (Å²) in [5, 5.41) is 2.05. The summed E-state index contributed by atoms with van der Waals surface area (Å²) in [7, 11) is 0. The second-order valence-electron chi connectivity index (χ2n) is 4.67. The minimum absolute atomic E-state index is 0.0831. The fraction of sp³-hybridized carbons (Fsp3) is 0.143. The molecule has 2 aromatic heterocycles. The van der Waals surface area contributed by atoms with Crippen LogP contribution in [0.15, 0.2) is 18.3 Å². The lowest BCUT2D eigenvalue weighted by Crippen LogP contribution is -2.30. The summed E-state index contributed by atoms with van der Waals surface area (Å²) in [5.41, 5.74) is 5.43. The Bertz CT molecular complexity index is 847. The van der Waals surface area contributed by atoms with Crippen LogP contribution < -0.4 is 11.1 Å². The standard InChI is InChI=1S/C14H10Cl4N4O3/c1-5(13(23)21-6-3-2-4-20-11(6)17)25-14(24)10-7(15)9(19)8(16)12(18)22-10/h2-5H,1H3,(H2,19,22)(H,21,23)/t5-/m1/s1. The predicted octanol–water partition coefficient (Wildman–Crippen LogP) is 3.86. The fourth-order valence-electron chi connectivity index (χ4n) is 1.65. The van der Waals surface area contributed by atoms with Gasteiger partial charge >= 0.3 is 5.97 Å². The number of esters is 1. The van der Waals surface area contributed by atoms with Gasteiger partial charge in [-0.1, -0.05) is 46.4 Å².